The summed E-state index contributed by atoms with van der Waals surface area (Å²) in [4.78, 5) is 0. The lowest BCUT2D eigenvalue weighted by molar-refractivity contribution is -0.137. The van der Waals surface area contributed by atoms with Crippen molar-refractivity contribution in [2.75, 3.05) is 0 Å². The average Bonchev–Trinajstić information content (AvgIpc) is 2.82. The molecule has 4 aromatic rings. The van der Waals surface area contributed by atoms with Gasteiger partial charge in [0.05, 0.1) is 16.3 Å². The van der Waals surface area contributed by atoms with E-state index in [1.165, 1.54) is 6.07 Å². The Morgan fingerprint density at radius 1 is 0.727 bits per heavy atom. The summed E-state index contributed by atoms with van der Waals surface area (Å²) in [5, 5.41) is 8.13. The van der Waals surface area contributed by atoms with E-state index in [-0.39, 0.29) is 29.8 Å². The Morgan fingerprint density at radius 3 is 1.91 bits per heavy atom. The van der Waals surface area contributed by atoms with Crippen molar-refractivity contribution < 1.29 is 22.6 Å². The molecule has 3 aromatic carbocycles. The van der Waals surface area contributed by atoms with Crippen molar-refractivity contribution >= 4 is 11.6 Å². The molecule has 0 saturated carbocycles. The van der Waals surface area contributed by atoms with Gasteiger partial charge in [0.1, 0.15) is 13.2 Å². The molecule has 4 nitrogen and oxygen atoms in total. The summed E-state index contributed by atoms with van der Waals surface area (Å²) in [5.41, 5.74) is 1.59. The first-order valence-electron chi connectivity index (χ1n) is 9.98. The highest BCUT2D eigenvalue weighted by Crippen LogP contribution is 2.37. The molecule has 1 aromatic heterocycles. The molecule has 0 spiro atoms. The maximum atomic E-state index is 13.0. The number of aromatic nitrogens is 2. The van der Waals surface area contributed by atoms with Crippen molar-refractivity contribution in [3.05, 3.63) is 107 Å². The van der Waals surface area contributed by atoms with E-state index in [2.05, 4.69) is 10.2 Å². The summed E-state index contributed by atoms with van der Waals surface area (Å²) in [6.45, 7) is 0.492. The Hall–Kier alpha value is -3.58. The van der Waals surface area contributed by atoms with Crippen LogP contribution in [0.15, 0.2) is 84.9 Å². The van der Waals surface area contributed by atoms with Gasteiger partial charge in [0.2, 0.25) is 0 Å². The third kappa shape index (κ3) is 5.81. The molecule has 0 amide bonds. The van der Waals surface area contributed by atoms with Crippen LogP contribution in [0, 0.1) is 0 Å². The summed E-state index contributed by atoms with van der Waals surface area (Å²) in [5.74, 6) is 0.470. The standard InChI is InChI=1S/C25H18ClF3N2O2/c26-21-13-19(25(27,28)29)11-12-20(21)22-14-23(32-15-17-7-3-1-4-8-17)24(31-30-22)33-16-18-9-5-2-6-10-18/h1-14H,15-16H2. The summed E-state index contributed by atoms with van der Waals surface area (Å²) < 4.78 is 50.7. The largest absolute Gasteiger partial charge is 0.483 e. The highest BCUT2D eigenvalue weighted by atomic mass is 35.5. The molecule has 0 saturated heterocycles. The number of hydrogen-bond acceptors (Lipinski definition) is 4. The number of nitrogens with zero attached hydrogens (tertiary/aromatic N) is 2. The van der Waals surface area contributed by atoms with Gasteiger partial charge in [0.25, 0.3) is 5.88 Å². The Morgan fingerprint density at radius 2 is 1.33 bits per heavy atom. The van der Waals surface area contributed by atoms with E-state index in [9.17, 15) is 13.2 Å². The fourth-order valence-electron chi connectivity index (χ4n) is 3.06. The molecule has 168 valence electrons. The van der Waals surface area contributed by atoms with Gasteiger partial charge in [-0.3, -0.25) is 0 Å². The van der Waals surface area contributed by atoms with Crippen LogP contribution >= 0.6 is 11.6 Å². The SMILES string of the molecule is FC(F)(F)c1ccc(-c2cc(OCc3ccccc3)c(OCc3ccccc3)nn2)c(Cl)c1. The molecule has 0 aliphatic carbocycles. The second-order valence-corrected chi connectivity index (χ2v) is 7.55. The molecular weight excluding hydrogens is 453 g/mol. The number of ether oxygens (including phenoxy) is 2. The van der Waals surface area contributed by atoms with Crippen LogP contribution in [0.25, 0.3) is 11.3 Å². The average molecular weight is 471 g/mol. The summed E-state index contributed by atoms with van der Waals surface area (Å²) >= 11 is 6.14. The molecule has 33 heavy (non-hydrogen) atoms. The minimum atomic E-state index is -4.49. The molecule has 0 fully saturated rings. The first-order valence-corrected chi connectivity index (χ1v) is 10.4. The van der Waals surface area contributed by atoms with Crippen molar-refractivity contribution in [3.63, 3.8) is 0 Å². The van der Waals surface area contributed by atoms with Crippen LogP contribution in [-0.4, -0.2) is 10.2 Å². The van der Waals surface area contributed by atoms with Gasteiger partial charge in [-0.25, -0.2) is 0 Å². The molecule has 8 heteroatoms. The van der Waals surface area contributed by atoms with Crippen LogP contribution in [0.3, 0.4) is 0 Å². The predicted molar refractivity (Wildman–Crippen MR) is 119 cm³/mol. The van der Waals surface area contributed by atoms with Crippen molar-refractivity contribution in [2.24, 2.45) is 0 Å². The highest BCUT2D eigenvalue weighted by molar-refractivity contribution is 6.33. The fraction of sp³-hybridized carbons (Fsp3) is 0.120. The van der Waals surface area contributed by atoms with Crippen molar-refractivity contribution in [1.82, 2.24) is 10.2 Å². The fourth-order valence-corrected chi connectivity index (χ4v) is 3.34. The van der Waals surface area contributed by atoms with E-state index in [0.29, 0.717) is 11.3 Å². The minimum Gasteiger partial charge on any atom is -0.483 e. The lowest BCUT2D eigenvalue weighted by atomic mass is 10.1. The molecule has 0 bridgehead atoms. The predicted octanol–water partition coefficient (Wildman–Crippen LogP) is 6.97. The molecule has 4 rings (SSSR count). The van der Waals surface area contributed by atoms with E-state index in [0.717, 1.165) is 23.3 Å². The van der Waals surface area contributed by atoms with Gasteiger partial charge in [0.15, 0.2) is 5.75 Å². The summed E-state index contributed by atoms with van der Waals surface area (Å²) in [7, 11) is 0. The van der Waals surface area contributed by atoms with Gasteiger partial charge in [-0.05, 0) is 23.3 Å². The first-order chi connectivity index (χ1) is 15.9. The number of benzene rings is 3. The van der Waals surface area contributed by atoms with E-state index in [4.69, 9.17) is 21.1 Å². The van der Waals surface area contributed by atoms with Gasteiger partial charge in [-0.15, -0.1) is 10.2 Å². The van der Waals surface area contributed by atoms with Crippen molar-refractivity contribution in [2.45, 2.75) is 19.4 Å². The lowest BCUT2D eigenvalue weighted by Gasteiger charge is -2.14. The third-order valence-corrected chi connectivity index (χ3v) is 5.07. The van der Waals surface area contributed by atoms with Crippen LogP contribution in [-0.2, 0) is 19.4 Å². The zero-order valence-electron chi connectivity index (χ0n) is 17.2. The van der Waals surface area contributed by atoms with Crippen LogP contribution in [0.1, 0.15) is 16.7 Å². The van der Waals surface area contributed by atoms with Gasteiger partial charge in [-0.1, -0.05) is 78.3 Å². The quantitative estimate of drug-likeness (QED) is 0.292. The van der Waals surface area contributed by atoms with Gasteiger partial charge in [0, 0.05) is 11.6 Å². The topological polar surface area (TPSA) is 44.2 Å². The highest BCUT2D eigenvalue weighted by Gasteiger charge is 2.31. The monoisotopic (exact) mass is 470 g/mol. The molecule has 0 atom stereocenters. The zero-order valence-corrected chi connectivity index (χ0v) is 18.0. The van der Waals surface area contributed by atoms with Crippen molar-refractivity contribution in [1.29, 1.82) is 0 Å². The summed E-state index contributed by atoms with van der Waals surface area (Å²) in [6, 6.07) is 23.7. The smallest absolute Gasteiger partial charge is 0.416 e. The molecular formula is C25H18ClF3N2O2. The second-order valence-electron chi connectivity index (χ2n) is 7.14. The van der Waals surface area contributed by atoms with E-state index in [1.54, 1.807) is 6.07 Å². The van der Waals surface area contributed by atoms with Crippen LogP contribution in [0.2, 0.25) is 5.02 Å². The van der Waals surface area contributed by atoms with Crippen LogP contribution < -0.4 is 9.47 Å². The molecule has 0 aliphatic heterocycles. The number of halogens is 4. The Kier molecular flexibility index (Phi) is 6.79. The second kappa shape index (κ2) is 9.92. The van der Waals surface area contributed by atoms with Gasteiger partial charge < -0.3 is 9.47 Å². The zero-order chi connectivity index (χ0) is 23.3. The Labute approximate surface area is 193 Å². The number of alkyl halides is 3. The lowest BCUT2D eigenvalue weighted by Crippen LogP contribution is -2.06. The first kappa shape index (κ1) is 22.6. The minimum absolute atomic E-state index is 0.0916. The van der Waals surface area contributed by atoms with E-state index in [1.807, 2.05) is 60.7 Å². The summed E-state index contributed by atoms with van der Waals surface area (Å²) in [6.07, 6.45) is -4.49. The Balaban J connectivity index is 1.63. The Bertz CT molecular complexity index is 1220. The van der Waals surface area contributed by atoms with Crippen LogP contribution in [0.4, 0.5) is 13.2 Å². The number of hydrogen-bond donors (Lipinski definition) is 0. The molecule has 0 radical (unpaired) electrons. The van der Waals surface area contributed by atoms with Gasteiger partial charge in [-0.2, -0.15) is 13.2 Å². The van der Waals surface area contributed by atoms with Gasteiger partial charge >= 0.3 is 6.18 Å². The normalized spacial score (nSPS) is 11.3. The molecule has 0 N–H and O–H groups in total. The number of rotatable bonds is 7. The van der Waals surface area contributed by atoms with E-state index >= 15 is 0 Å². The molecule has 0 aliphatic rings. The van der Waals surface area contributed by atoms with Crippen molar-refractivity contribution in [3.8, 4) is 22.9 Å². The van der Waals surface area contributed by atoms with E-state index < -0.39 is 11.7 Å². The van der Waals surface area contributed by atoms with Crippen LogP contribution in [0.5, 0.6) is 11.6 Å². The molecule has 0 unspecified atom stereocenters. The third-order valence-electron chi connectivity index (χ3n) is 4.76. The molecule has 1 heterocycles. The maximum Gasteiger partial charge on any atom is 0.416 e. The maximum absolute atomic E-state index is 13.0.